The van der Waals surface area contributed by atoms with Crippen LogP contribution in [0.25, 0.3) is 10.9 Å². The van der Waals surface area contributed by atoms with E-state index in [9.17, 15) is 9.59 Å². The van der Waals surface area contributed by atoms with Crippen LogP contribution in [0.1, 0.15) is 18.9 Å². The minimum absolute atomic E-state index is 0.142. The molecule has 3 N–H and O–H groups in total. The van der Waals surface area contributed by atoms with Gasteiger partial charge in [-0.3, -0.25) is 4.79 Å². The molecular formula is C26H32N6O5. The number of methoxy groups -OCH3 is 2. The summed E-state index contributed by atoms with van der Waals surface area (Å²) >= 11 is 0. The number of nitrogens with two attached hydrogens (primary N) is 1. The number of nitrogen functional groups attached to an aromatic ring is 1. The smallest absolute Gasteiger partial charge is 0.408 e. The quantitative estimate of drug-likeness (QED) is 0.471. The first-order chi connectivity index (χ1) is 17.9. The molecule has 11 heteroatoms. The molecule has 1 aliphatic rings. The number of fused-ring (bicyclic) bond motifs is 1. The van der Waals surface area contributed by atoms with Crippen molar-refractivity contribution < 1.29 is 23.8 Å². The van der Waals surface area contributed by atoms with E-state index in [0.29, 0.717) is 66.8 Å². The Morgan fingerprint density at radius 3 is 2.35 bits per heavy atom. The van der Waals surface area contributed by atoms with Crippen molar-refractivity contribution in [3.05, 3.63) is 48.0 Å². The lowest BCUT2D eigenvalue weighted by atomic mass is 10.1. The minimum atomic E-state index is -0.662. The Bertz CT molecular complexity index is 1250. The van der Waals surface area contributed by atoms with E-state index in [2.05, 4.69) is 15.3 Å². The zero-order valence-corrected chi connectivity index (χ0v) is 21.3. The third kappa shape index (κ3) is 5.93. The first kappa shape index (κ1) is 25.8. The van der Waals surface area contributed by atoms with Crippen LogP contribution >= 0.6 is 0 Å². The Hall–Kier alpha value is -4.28. The summed E-state index contributed by atoms with van der Waals surface area (Å²) in [5, 5.41) is 3.37. The highest BCUT2D eigenvalue weighted by molar-refractivity contribution is 5.92. The number of carbonyl (C=O) groups excluding carboxylic acids is 2. The summed E-state index contributed by atoms with van der Waals surface area (Å²) in [5.74, 6) is 1.78. The van der Waals surface area contributed by atoms with Gasteiger partial charge in [0.2, 0.25) is 11.9 Å². The molecule has 2 amide bonds. The van der Waals surface area contributed by atoms with E-state index in [-0.39, 0.29) is 12.5 Å². The lowest BCUT2D eigenvalue weighted by Gasteiger charge is -2.36. The fourth-order valence-corrected chi connectivity index (χ4v) is 4.20. The van der Waals surface area contributed by atoms with Crippen LogP contribution in [-0.4, -0.2) is 73.3 Å². The van der Waals surface area contributed by atoms with Crippen LogP contribution in [0.5, 0.6) is 11.5 Å². The van der Waals surface area contributed by atoms with Crippen molar-refractivity contribution in [3.63, 3.8) is 0 Å². The summed E-state index contributed by atoms with van der Waals surface area (Å²) < 4.78 is 16.0. The maximum absolute atomic E-state index is 13.1. The Balaban J connectivity index is 1.36. The Kier molecular flexibility index (Phi) is 8.11. The number of hydrogen-bond acceptors (Lipinski definition) is 9. The van der Waals surface area contributed by atoms with Gasteiger partial charge in [0.25, 0.3) is 0 Å². The number of alkyl carbamates (subject to hydrolysis) is 1. The predicted molar refractivity (Wildman–Crippen MR) is 140 cm³/mol. The number of nitrogens with zero attached hydrogens (tertiary/aromatic N) is 4. The van der Waals surface area contributed by atoms with Gasteiger partial charge in [-0.15, -0.1) is 0 Å². The molecule has 4 rings (SSSR count). The summed E-state index contributed by atoms with van der Waals surface area (Å²) in [6.07, 6.45) is -0.162. The van der Waals surface area contributed by atoms with Crippen LogP contribution in [0.15, 0.2) is 42.5 Å². The summed E-state index contributed by atoms with van der Waals surface area (Å²) in [5.41, 5.74) is 7.75. The number of aromatic nitrogens is 2. The SMILES string of the molecule is CCC(NC(=O)OCc1ccccc1)C(=O)N1CCN(c2nc(N)c3cc(OC)c(OC)cc3n2)CC1. The molecule has 2 heterocycles. The molecule has 196 valence electrons. The first-order valence-corrected chi connectivity index (χ1v) is 12.1. The van der Waals surface area contributed by atoms with E-state index in [1.165, 1.54) is 0 Å². The highest BCUT2D eigenvalue weighted by atomic mass is 16.5. The molecule has 1 fully saturated rings. The number of anilines is 2. The third-order valence-corrected chi connectivity index (χ3v) is 6.30. The van der Waals surface area contributed by atoms with Crippen LogP contribution in [0.3, 0.4) is 0 Å². The lowest BCUT2D eigenvalue weighted by Crippen LogP contribution is -2.55. The average Bonchev–Trinajstić information content (AvgIpc) is 2.94. The van der Waals surface area contributed by atoms with Crippen molar-refractivity contribution in [2.75, 3.05) is 51.0 Å². The van der Waals surface area contributed by atoms with Crippen molar-refractivity contribution in [2.24, 2.45) is 0 Å². The molecule has 1 saturated heterocycles. The van der Waals surface area contributed by atoms with Crippen molar-refractivity contribution in [3.8, 4) is 11.5 Å². The van der Waals surface area contributed by atoms with E-state index in [4.69, 9.17) is 19.9 Å². The molecule has 11 nitrogen and oxygen atoms in total. The van der Waals surface area contributed by atoms with E-state index in [1.807, 2.05) is 42.2 Å². The molecule has 1 atom stereocenters. The van der Waals surface area contributed by atoms with Crippen LogP contribution in [0.2, 0.25) is 0 Å². The van der Waals surface area contributed by atoms with Crippen molar-refractivity contribution in [1.82, 2.24) is 20.2 Å². The summed E-state index contributed by atoms with van der Waals surface area (Å²) in [6, 6.07) is 12.2. The molecule has 1 unspecified atom stereocenters. The van der Waals surface area contributed by atoms with Gasteiger partial charge in [-0.2, -0.15) is 4.98 Å². The van der Waals surface area contributed by atoms with Gasteiger partial charge >= 0.3 is 6.09 Å². The number of piperazine rings is 1. The number of benzene rings is 2. The van der Waals surface area contributed by atoms with Crippen molar-refractivity contribution in [2.45, 2.75) is 26.0 Å². The standard InChI is InChI=1S/C26H32N6O5/c1-4-19(29-26(34)37-16-17-8-6-5-7-9-17)24(33)31-10-12-32(13-11-31)25-28-20-15-22(36-3)21(35-2)14-18(20)23(27)30-25/h5-9,14-15,19H,4,10-13,16H2,1-3H3,(H,29,34)(H2,27,28,30). The summed E-state index contributed by atoms with van der Waals surface area (Å²) in [7, 11) is 3.12. The maximum Gasteiger partial charge on any atom is 0.408 e. The fraction of sp³-hybridized carbons (Fsp3) is 0.385. The molecule has 0 radical (unpaired) electrons. The molecular weight excluding hydrogens is 476 g/mol. The van der Waals surface area contributed by atoms with Gasteiger partial charge in [-0.05, 0) is 18.1 Å². The van der Waals surface area contributed by atoms with E-state index >= 15 is 0 Å². The molecule has 37 heavy (non-hydrogen) atoms. The van der Waals surface area contributed by atoms with Crippen molar-refractivity contribution >= 4 is 34.7 Å². The Labute approximate surface area is 215 Å². The molecule has 0 bridgehead atoms. The Morgan fingerprint density at radius 2 is 1.70 bits per heavy atom. The van der Waals surface area contributed by atoms with Gasteiger partial charge in [0.1, 0.15) is 18.5 Å². The number of amides is 2. The van der Waals surface area contributed by atoms with Crippen LogP contribution in [0.4, 0.5) is 16.6 Å². The minimum Gasteiger partial charge on any atom is -0.493 e. The van der Waals surface area contributed by atoms with Crippen molar-refractivity contribution in [1.29, 1.82) is 0 Å². The summed E-state index contributed by atoms with van der Waals surface area (Å²) in [6.45, 7) is 3.97. The van der Waals surface area contributed by atoms with Gasteiger partial charge < -0.3 is 35.1 Å². The van der Waals surface area contributed by atoms with Gasteiger partial charge in [0.05, 0.1) is 19.7 Å². The van der Waals surface area contributed by atoms with Gasteiger partial charge in [-0.1, -0.05) is 37.3 Å². The topological polar surface area (TPSA) is 132 Å². The summed E-state index contributed by atoms with van der Waals surface area (Å²) in [4.78, 5) is 38.3. The van der Waals surface area contributed by atoms with Gasteiger partial charge in [0.15, 0.2) is 11.5 Å². The Morgan fingerprint density at radius 1 is 1.03 bits per heavy atom. The first-order valence-electron chi connectivity index (χ1n) is 12.1. The van der Waals surface area contributed by atoms with Crippen LogP contribution in [0, 0.1) is 0 Å². The number of carbonyl (C=O) groups is 2. The second-order valence-corrected chi connectivity index (χ2v) is 8.61. The monoisotopic (exact) mass is 508 g/mol. The number of ether oxygens (including phenoxy) is 3. The van der Waals surface area contributed by atoms with Gasteiger partial charge in [-0.25, -0.2) is 9.78 Å². The predicted octanol–water partition coefficient (Wildman–Crippen LogP) is 2.58. The molecule has 1 aliphatic heterocycles. The lowest BCUT2D eigenvalue weighted by molar-refractivity contribution is -0.133. The van der Waals surface area contributed by atoms with Crippen LogP contribution < -0.4 is 25.4 Å². The number of nitrogens with one attached hydrogen (secondary N) is 1. The number of rotatable bonds is 8. The average molecular weight is 509 g/mol. The molecule has 0 aliphatic carbocycles. The molecule has 0 saturated carbocycles. The zero-order valence-electron chi connectivity index (χ0n) is 21.3. The van der Waals surface area contributed by atoms with E-state index in [0.717, 1.165) is 5.56 Å². The molecule has 2 aromatic carbocycles. The van der Waals surface area contributed by atoms with E-state index in [1.54, 1.807) is 31.3 Å². The fourth-order valence-electron chi connectivity index (χ4n) is 4.20. The van der Waals surface area contributed by atoms with E-state index < -0.39 is 12.1 Å². The normalized spacial score (nSPS) is 14.2. The zero-order chi connectivity index (χ0) is 26.4. The second-order valence-electron chi connectivity index (χ2n) is 8.61. The largest absolute Gasteiger partial charge is 0.493 e. The second kappa shape index (κ2) is 11.6. The maximum atomic E-state index is 13.1. The highest BCUT2D eigenvalue weighted by Gasteiger charge is 2.29. The molecule has 0 spiro atoms. The highest BCUT2D eigenvalue weighted by Crippen LogP contribution is 2.34. The number of hydrogen-bond donors (Lipinski definition) is 2. The van der Waals surface area contributed by atoms with Crippen LogP contribution in [-0.2, 0) is 16.1 Å². The molecule has 1 aromatic heterocycles. The molecule has 3 aromatic rings. The van der Waals surface area contributed by atoms with Gasteiger partial charge in [0, 0.05) is 37.6 Å². The third-order valence-electron chi connectivity index (χ3n) is 6.30.